The fourth-order valence-corrected chi connectivity index (χ4v) is 2.55. The van der Waals surface area contributed by atoms with Crippen LogP contribution in [-0.2, 0) is 4.74 Å². The second kappa shape index (κ2) is 6.58. The predicted octanol–water partition coefficient (Wildman–Crippen LogP) is 1.95. The average Bonchev–Trinajstić information content (AvgIpc) is 3.07. The fraction of sp³-hybridized carbons (Fsp3) is 0.294. The molecule has 2 N–H and O–H groups in total. The zero-order valence-electron chi connectivity index (χ0n) is 12.2. The zero-order valence-corrected chi connectivity index (χ0v) is 12.2. The van der Waals surface area contributed by atoms with E-state index in [0.29, 0.717) is 12.2 Å². The van der Waals surface area contributed by atoms with Crippen molar-refractivity contribution in [2.75, 3.05) is 13.2 Å². The molecule has 114 valence electrons. The van der Waals surface area contributed by atoms with E-state index in [0.717, 1.165) is 25.0 Å². The Morgan fingerprint density at radius 2 is 2.05 bits per heavy atom. The lowest BCUT2D eigenvalue weighted by Crippen LogP contribution is -2.35. The quantitative estimate of drug-likeness (QED) is 0.906. The summed E-state index contributed by atoms with van der Waals surface area (Å²) in [5, 5.41) is 2.76. The molecule has 1 unspecified atom stereocenters. The highest BCUT2D eigenvalue weighted by Crippen LogP contribution is 2.15. The van der Waals surface area contributed by atoms with E-state index in [1.54, 1.807) is 12.1 Å². The molecule has 1 aliphatic rings. The number of ether oxygens (including phenoxy) is 1. The highest BCUT2D eigenvalue weighted by Gasteiger charge is 2.18. The first-order valence-corrected chi connectivity index (χ1v) is 7.42. The second-order valence-corrected chi connectivity index (χ2v) is 5.33. The molecule has 0 radical (unpaired) electrons. The van der Waals surface area contributed by atoms with Gasteiger partial charge in [0.15, 0.2) is 0 Å². The van der Waals surface area contributed by atoms with Gasteiger partial charge >= 0.3 is 0 Å². The number of benzene rings is 1. The molecular formula is C17H18N2O3. The minimum atomic E-state index is -0.383. The lowest BCUT2D eigenvalue weighted by Gasteiger charge is -2.10. The molecule has 1 aromatic carbocycles. The van der Waals surface area contributed by atoms with Crippen molar-refractivity contribution in [3.63, 3.8) is 0 Å². The predicted molar refractivity (Wildman–Crippen MR) is 83.8 cm³/mol. The van der Waals surface area contributed by atoms with Crippen LogP contribution in [0.25, 0.3) is 11.3 Å². The van der Waals surface area contributed by atoms with Gasteiger partial charge in [0, 0.05) is 18.8 Å². The van der Waals surface area contributed by atoms with Gasteiger partial charge in [-0.05, 0) is 30.5 Å². The number of amides is 1. The van der Waals surface area contributed by atoms with Gasteiger partial charge in [0.2, 0.25) is 0 Å². The minimum Gasteiger partial charge on any atom is -0.376 e. The zero-order chi connectivity index (χ0) is 15.4. The van der Waals surface area contributed by atoms with E-state index in [2.05, 4.69) is 10.3 Å². The van der Waals surface area contributed by atoms with Crippen molar-refractivity contribution in [1.82, 2.24) is 10.3 Å². The molecule has 1 aliphatic heterocycles. The smallest absolute Gasteiger partial charge is 0.261 e. The van der Waals surface area contributed by atoms with Crippen molar-refractivity contribution in [3.8, 4) is 11.3 Å². The normalized spacial score (nSPS) is 17.4. The SMILES string of the molecule is O=C(NCC1CCCO1)c1ccc(-c2ccccc2)[nH]c1=O. The van der Waals surface area contributed by atoms with Crippen LogP contribution in [0.5, 0.6) is 0 Å². The van der Waals surface area contributed by atoms with Crippen LogP contribution in [0, 0.1) is 0 Å². The molecule has 5 nitrogen and oxygen atoms in total. The van der Waals surface area contributed by atoms with E-state index in [4.69, 9.17) is 4.74 Å². The highest BCUT2D eigenvalue weighted by molar-refractivity contribution is 5.94. The number of rotatable bonds is 4. The van der Waals surface area contributed by atoms with Crippen LogP contribution in [0.4, 0.5) is 0 Å². The summed E-state index contributed by atoms with van der Waals surface area (Å²) in [7, 11) is 0. The van der Waals surface area contributed by atoms with Crippen molar-refractivity contribution < 1.29 is 9.53 Å². The molecule has 0 saturated carbocycles. The number of hydrogen-bond acceptors (Lipinski definition) is 3. The summed E-state index contributed by atoms with van der Waals surface area (Å²) >= 11 is 0. The lowest BCUT2D eigenvalue weighted by atomic mass is 10.1. The Kier molecular flexibility index (Phi) is 4.34. The van der Waals surface area contributed by atoms with Gasteiger partial charge in [0.1, 0.15) is 5.56 Å². The molecule has 2 aromatic rings. The van der Waals surface area contributed by atoms with Gasteiger partial charge in [0.25, 0.3) is 11.5 Å². The van der Waals surface area contributed by atoms with Gasteiger partial charge in [-0.25, -0.2) is 0 Å². The third-order valence-electron chi connectivity index (χ3n) is 3.75. The summed E-state index contributed by atoms with van der Waals surface area (Å²) in [4.78, 5) is 26.9. The molecule has 1 aromatic heterocycles. The average molecular weight is 298 g/mol. The molecule has 22 heavy (non-hydrogen) atoms. The maximum Gasteiger partial charge on any atom is 0.261 e. The van der Waals surface area contributed by atoms with E-state index in [1.165, 1.54) is 0 Å². The molecule has 0 bridgehead atoms. The maximum absolute atomic E-state index is 12.1. The van der Waals surface area contributed by atoms with Crippen molar-refractivity contribution in [2.24, 2.45) is 0 Å². The number of nitrogens with one attached hydrogen (secondary N) is 2. The van der Waals surface area contributed by atoms with Crippen molar-refractivity contribution in [2.45, 2.75) is 18.9 Å². The van der Waals surface area contributed by atoms with Crippen LogP contribution < -0.4 is 10.9 Å². The fourth-order valence-electron chi connectivity index (χ4n) is 2.55. The summed E-state index contributed by atoms with van der Waals surface area (Å²) in [6.07, 6.45) is 2.03. The Morgan fingerprint density at radius 3 is 2.73 bits per heavy atom. The standard InChI is InChI=1S/C17H18N2O3/c20-16(18-11-13-7-4-10-22-13)14-8-9-15(19-17(14)21)12-5-2-1-3-6-12/h1-3,5-6,8-9,13H,4,7,10-11H2,(H,18,20)(H,19,21). The topological polar surface area (TPSA) is 71.2 Å². The van der Waals surface area contributed by atoms with Gasteiger partial charge in [-0.2, -0.15) is 0 Å². The molecule has 0 aliphatic carbocycles. The summed E-state index contributed by atoms with van der Waals surface area (Å²) in [5.74, 6) is -0.364. The highest BCUT2D eigenvalue weighted by atomic mass is 16.5. The number of aromatic nitrogens is 1. The Labute approximate surface area is 128 Å². The van der Waals surface area contributed by atoms with Crippen LogP contribution in [0.3, 0.4) is 0 Å². The van der Waals surface area contributed by atoms with Gasteiger partial charge in [0.05, 0.1) is 6.10 Å². The monoisotopic (exact) mass is 298 g/mol. The van der Waals surface area contributed by atoms with Crippen LogP contribution in [0.15, 0.2) is 47.3 Å². The van der Waals surface area contributed by atoms with E-state index in [-0.39, 0.29) is 23.1 Å². The Morgan fingerprint density at radius 1 is 1.23 bits per heavy atom. The summed E-state index contributed by atoms with van der Waals surface area (Å²) in [5.41, 5.74) is 1.34. The molecule has 0 spiro atoms. The number of pyridine rings is 1. The van der Waals surface area contributed by atoms with Gasteiger partial charge in [-0.15, -0.1) is 0 Å². The molecular weight excluding hydrogens is 280 g/mol. The van der Waals surface area contributed by atoms with Crippen molar-refractivity contribution in [3.05, 3.63) is 58.4 Å². The van der Waals surface area contributed by atoms with Gasteiger partial charge < -0.3 is 15.0 Å². The molecule has 1 fully saturated rings. The van der Waals surface area contributed by atoms with Crippen LogP contribution in [0.1, 0.15) is 23.2 Å². The van der Waals surface area contributed by atoms with Crippen molar-refractivity contribution >= 4 is 5.91 Å². The summed E-state index contributed by atoms with van der Waals surface area (Å²) in [6.45, 7) is 1.19. The Balaban J connectivity index is 1.71. The van der Waals surface area contributed by atoms with Gasteiger partial charge in [-0.3, -0.25) is 9.59 Å². The second-order valence-electron chi connectivity index (χ2n) is 5.33. The third-order valence-corrected chi connectivity index (χ3v) is 3.75. The van der Waals surface area contributed by atoms with Gasteiger partial charge in [-0.1, -0.05) is 30.3 Å². The van der Waals surface area contributed by atoms with Crippen LogP contribution in [0.2, 0.25) is 0 Å². The molecule has 1 saturated heterocycles. The lowest BCUT2D eigenvalue weighted by molar-refractivity contribution is 0.0856. The maximum atomic E-state index is 12.1. The first kappa shape index (κ1) is 14.5. The van der Waals surface area contributed by atoms with E-state index in [9.17, 15) is 9.59 Å². The van der Waals surface area contributed by atoms with Crippen molar-refractivity contribution in [1.29, 1.82) is 0 Å². The summed E-state index contributed by atoms with van der Waals surface area (Å²) in [6, 6.07) is 12.8. The molecule has 5 heteroatoms. The minimum absolute atomic E-state index is 0.0617. The first-order valence-electron chi connectivity index (χ1n) is 7.42. The molecule has 3 rings (SSSR count). The molecule has 1 amide bonds. The first-order chi connectivity index (χ1) is 10.7. The number of hydrogen-bond donors (Lipinski definition) is 2. The largest absolute Gasteiger partial charge is 0.376 e. The Bertz CT molecular complexity index is 703. The third kappa shape index (κ3) is 3.26. The molecule has 2 heterocycles. The Hall–Kier alpha value is -2.40. The number of carbonyl (C=O) groups is 1. The number of carbonyl (C=O) groups excluding carboxylic acids is 1. The van der Waals surface area contributed by atoms with E-state index in [1.807, 2.05) is 30.3 Å². The number of aromatic amines is 1. The van der Waals surface area contributed by atoms with E-state index < -0.39 is 0 Å². The van der Waals surface area contributed by atoms with Crippen LogP contribution >= 0.6 is 0 Å². The van der Waals surface area contributed by atoms with Crippen LogP contribution in [-0.4, -0.2) is 30.1 Å². The summed E-state index contributed by atoms with van der Waals surface area (Å²) < 4.78 is 5.45. The van der Waals surface area contributed by atoms with E-state index >= 15 is 0 Å². The number of H-pyrrole nitrogens is 1. The molecule has 1 atom stereocenters.